The van der Waals surface area contributed by atoms with Crippen LogP contribution in [0.3, 0.4) is 0 Å². The van der Waals surface area contributed by atoms with Crippen molar-refractivity contribution in [1.82, 2.24) is 15.5 Å². The van der Waals surface area contributed by atoms with E-state index in [0.717, 1.165) is 4.88 Å². The lowest BCUT2D eigenvalue weighted by atomic mass is 10.0. The van der Waals surface area contributed by atoms with Crippen molar-refractivity contribution in [2.75, 3.05) is 6.54 Å². The molecule has 2 aliphatic rings. The number of hydrogen-bond acceptors (Lipinski definition) is 5. The van der Waals surface area contributed by atoms with Crippen molar-refractivity contribution in [2.45, 2.75) is 50.9 Å². The summed E-state index contributed by atoms with van der Waals surface area (Å²) in [5.74, 6) is 0.0141. The number of nitrogens with one attached hydrogen (secondary N) is 2. The molecule has 0 aliphatic carbocycles. The van der Waals surface area contributed by atoms with E-state index in [4.69, 9.17) is 4.74 Å². The van der Waals surface area contributed by atoms with E-state index < -0.39 is 11.8 Å². The molecule has 4 rings (SSSR count). The van der Waals surface area contributed by atoms with Gasteiger partial charge in [-0.15, -0.1) is 11.3 Å². The van der Waals surface area contributed by atoms with Crippen LogP contribution in [0.2, 0.25) is 0 Å². The number of rotatable bonds is 4. The first-order valence-electron chi connectivity index (χ1n) is 10.1. The van der Waals surface area contributed by atoms with Crippen LogP contribution in [0.4, 0.5) is 0 Å². The highest BCUT2D eigenvalue weighted by Gasteiger charge is 2.43. The number of benzene rings is 1. The van der Waals surface area contributed by atoms with Crippen LogP contribution in [0.5, 0.6) is 5.75 Å². The number of amides is 3. The molecule has 2 aromatic rings. The van der Waals surface area contributed by atoms with Gasteiger partial charge in [-0.2, -0.15) is 0 Å². The van der Waals surface area contributed by atoms with Gasteiger partial charge in [0.15, 0.2) is 5.72 Å². The quantitative estimate of drug-likeness (QED) is 0.786. The van der Waals surface area contributed by atoms with Crippen LogP contribution in [-0.4, -0.2) is 40.9 Å². The van der Waals surface area contributed by atoms with Crippen LogP contribution in [0, 0.1) is 0 Å². The first-order chi connectivity index (χ1) is 14.4. The van der Waals surface area contributed by atoms with Crippen LogP contribution in [0.15, 0.2) is 41.8 Å². The van der Waals surface area contributed by atoms with Gasteiger partial charge in [-0.1, -0.05) is 18.2 Å². The summed E-state index contributed by atoms with van der Waals surface area (Å²) in [6.45, 7) is 3.99. The van der Waals surface area contributed by atoms with Gasteiger partial charge in [-0.3, -0.25) is 14.4 Å². The average molecular weight is 428 g/mol. The van der Waals surface area contributed by atoms with Gasteiger partial charge < -0.3 is 20.3 Å². The van der Waals surface area contributed by atoms with Crippen molar-refractivity contribution in [3.8, 4) is 5.75 Å². The molecule has 7 nitrogen and oxygen atoms in total. The first-order valence-corrected chi connectivity index (χ1v) is 11.0. The SMILES string of the molecule is C[C@H](NC(=O)[C@@H](C)N1CC[C@]2(CCC1=O)NC(=O)c1ccccc1O2)c1cccs1. The maximum Gasteiger partial charge on any atom is 0.258 e. The Balaban J connectivity index is 1.45. The molecule has 3 amide bonds. The molecule has 30 heavy (non-hydrogen) atoms. The molecule has 1 saturated heterocycles. The molecule has 158 valence electrons. The van der Waals surface area contributed by atoms with E-state index in [1.165, 1.54) is 0 Å². The molecule has 0 bridgehead atoms. The fourth-order valence-electron chi connectivity index (χ4n) is 3.98. The highest BCUT2D eigenvalue weighted by molar-refractivity contribution is 7.10. The van der Waals surface area contributed by atoms with Crippen molar-refractivity contribution in [3.05, 3.63) is 52.2 Å². The van der Waals surface area contributed by atoms with E-state index in [9.17, 15) is 14.4 Å². The summed E-state index contributed by atoms with van der Waals surface area (Å²) in [7, 11) is 0. The lowest BCUT2D eigenvalue weighted by Crippen LogP contribution is -2.56. The van der Waals surface area contributed by atoms with Crippen molar-refractivity contribution >= 4 is 29.1 Å². The summed E-state index contributed by atoms with van der Waals surface area (Å²) >= 11 is 1.58. The van der Waals surface area contributed by atoms with Gasteiger partial charge in [0.05, 0.1) is 11.6 Å². The van der Waals surface area contributed by atoms with Crippen LogP contribution < -0.4 is 15.4 Å². The Morgan fingerprint density at radius 2 is 2.00 bits per heavy atom. The second-order valence-electron chi connectivity index (χ2n) is 7.81. The summed E-state index contributed by atoms with van der Waals surface area (Å²) in [4.78, 5) is 40.8. The third-order valence-corrected chi connectivity index (χ3v) is 6.83. The number of thiophene rings is 1. The average Bonchev–Trinajstić information content (AvgIpc) is 3.22. The second-order valence-corrected chi connectivity index (χ2v) is 8.78. The van der Waals surface area contributed by atoms with Gasteiger partial charge >= 0.3 is 0 Å². The number of likely N-dealkylation sites (tertiary alicyclic amines) is 1. The Hall–Kier alpha value is -2.87. The number of fused-ring (bicyclic) bond motifs is 1. The Bertz CT molecular complexity index is 961. The third kappa shape index (κ3) is 3.92. The second kappa shape index (κ2) is 8.10. The van der Waals surface area contributed by atoms with Crippen LogP contribution >= 0.6 is 11.3 Å². The minimum atomic E-state index is -0.934. The molecule has 0 radical (unpaired) electrons. The Morgan fingerprint density at radius 1 is 1.20 bits per heavy atom. The van der Waals surface area contributed by atoms with E-state index in [1.54, 1.807) is 41.4 Å². The van der Waals surface area contributed by atoms with Crippen molar-refractivity contribution in [3.63, 3.8) is 0 Å². The smallest absolute Gasteiger partial charge is 0.258 e. The molecule has 2 N–H and O–H groups in total. The van der Waals surface area contributed by atoms with E-state index >= 15 is 0 Å². The fraction of sp³-hybridized carbons (Fsp3) is 0.409. The predicted octanol–water partition coefficient (Wildman–Crippen LogP) is 2.85. The molecule has 0 saturated carbocycles. The maximum atomic E-state index is 12.8. The highest BCUT2D eigenvalue weighted by atomic mass is 32.1. The Morgan fingerprint density at radius 3 is 2.77 bits per heavy atom. The molecule has 1 spiro atoms. The van der Waals surface area contributed by atoms with Gasteiger partial charge in [0.25, 0.3) is 5.91 Å². The van der Waals surface area contributed by atoms with Gasteiger partial charge in [0, 0.05) is 30.7 Å². The lowest BCUT2D eigenvalue weighted by molar-refractivity contribution is -0.139. The highest BCUT2D eigenvalue weighted by Crippen LogP contribution is 2.34. The first kappa shape index (κ1) is 20.4. The molecule has 1 aromatic carbocycles. The zero-order chi connectivity index (χ0) is 21.3. The minimum Gasteiger partial charge on any atom is -0.467 e. The molecule has 0 unspecified atom stereocenters. The summed E-state index contributed by atoms with van der Waals surface area (Å²) in [6.07, 6.45) is 0.972. The number of nitrogens with zero attached hydrogens (tertiary/aromatic N) is 1. The zero-order valence-corrected chi connectivity index (χ0v) is 17.8. The largest absolute Gasteiger partial charge is 0.467 e. The minimum absolute atomic E-state index is 0.116. The van der Waals surface area contributed by atoms with Gasteiger partial charge in [-0.05, 0) is 37.4 Å². The lowest BCUT2D eigenvalue weighted by Gasteiger charge is -2.38. The normalized spacial score (nSPS) is 23.1. The Labute approximate surface area is 179 Å². The monoisotopic (exact) mass is 427 g/mol. The Kier molecular flexibility index (Phi) is 5.51. The van der Waals surface area contributed by atoms with Crippen LogP contribution in [0.25, 0.3) is 0 Å². The molecule has 8 heteroatoms. The van der Waals surface area contributed by atoms with Gasteiger partial charge in [0.1, 0.15) is 11.8 Å². The van der Waals surface area contributed by atoms with Crippen molar-refractivity contribution in [1.29, 1.82) is 0 Å². The molecule has 2 aliphatic heterocycles. The summed E-state index contributed by atoms with van der Waals surface area (Å²) < 4.78 is 6.15. The van der Waals surface area contributed by atoms with Crippen molar-refractivity contribution < 1.29 is 19.1 Å². The number of carbonyl (C=O) groups excluding carboxylic acids is 3. The number of ether oxygens (including phenoxy) is 1. The molecular formula is C22H25N3O4S. The van der Waals surface area contributed by atoms with Crippen molar-refractivity contribution in [2.24, 2.45) is 0 Å². The molecule has 3 atom stereocenters. The number of para-hydroxylation sites is 1. The molecule has 1 fully saturated rings. The van der Waals surface area contributed by atoms with E-state index in [0.29, 0.717) is 30.7 Å². The summed E-state index contributed by atoms with van der Waals surface area (Å²) in [5, 5.41) is 7.90. The van der Waals surface area contributed by atoms with E-state index in [-0.39, 0.29) is 30.2 Å². The standard InChI is InChI=1S/C22H25N3O4S/c1-14(18-8-5-13-30-18)23-20(27)15(2)25-12-11-22(10-9-19(25)26)24-21(28)16-6-3-4-7-17(16)29-22/h3-8,13-15H,9-12H2,1-2H3,(H,23,27)(H,24,28)/t14-,15+,22+/m0/s1. The molecule has 1 aromatic heterocycles. The van der Waals surface area contributed by atoms with Gasteiger partial charge in [0.2, 0.25) is 11.8 Å². The number of hydrogen-bond donors (Lipinski definition) is 2. The number of carbonyl (C=O) groups is 3. The summed E-state index contributed by atoms with van der Waals surface area (Å²) in [5.41, 5.74) is -0.443. The van der Waals surface area contributed by atoms with Crippen LogP contribution in [-0.2, 0) is 9.59 Å². The van der Waals surface area contributed by atoms with E-state index in [2.05, 4.69) is 10.6 Å². The fourth-order valence-corrected chi connectivity index (χ4v) is 4.71. The van der Waals surface area contributed by atoms with Gasteiger partial charge in [-0.25, -0.2) is 0 Å². The predicted molar refractivity (Wildman–Crippen MR) is 113 cm³/mol. The topological polar surface area (TPSA) is 87.7 Å². The summed E-state index contributed by atoms with van der Waals surface area (Å²) in [6, 6.07) is 10.3. The third-order valence-electron chi connectivity index (χ3n) is 5.77. The molecular weight excluding hydrogens is 402 g/mol. The van der Waals surface area contributed by atoms with E-state index in [1.807, 2.05) is 30.5 Å². The molecule has 3 heterocycles. The zero-order valence-electron chi connectivity index (χ0n) is 17.0. The van der Waals surface area contributed by atoms with Crippen LogP contribution in [0.1, 0.15) is 54.4 Å². The maximum absolute atomic E-state index is 12.8.